The van der Waals surface area contributed by atoms with Crippen LogP contribution in [0.25, 0.3) is 5.69 Å². The van der Waals surface area contributed by atoms with Gasteiger partial charge in [0, 0.05) is 6.07 Å². The highest BCUT2D eigenvalue weighted by atomic mass is 19.1. The van der Waals surface area contributed by atoms with Gasteiger partial charge in [-0.1, -0.05) is 0 Å². The van der Waals surface area contributed by atoms with Crippen molar-refractivity contribution in [2.45, 2.75) is 0 Å². The number of amides is 2. The summed E-state index contributed by atoms with van der Waals surface area (Å²) in [5.41, 5.74) is 4.35. The number of halogens is 1. The second kappa shape index (κ2) is 5.30. The van der Waals surface area contributed by atoms with Crippen LogP contribution in [0.4, 0.5) is 10.2 Å². The van der Waals surface area contributed by atoms with Gasteiger partial charge in [-0.15, -0.1) is 0 Å². The third-order valence-corrected chi connectivity index (χ3v) is 3.56. The van der Waals surface area contributed by atoms with Crippen molar-refractivity contribution in [2.75, 3.05) is 12.8 Å². The minimum atomic E-state index is -0.822. The average Bonchev–Trinajstić information content (AvgIpc) is 2.81. The lowest BCUT2D eigenvalue weighted by Crippen LogP contribution is -2.26. The number of ether oxygens (including phenoxy) is 1. The first-order valence-corrected chi connectivity index (χ1v) is 6.64. The number of benzene rings is 1. The van der Waals surface area contributed by atoms with Gasteiger partial charge in [0.25, 0.3) is 17.4 Å². The molecule has 1 aromatic heterocycles. The predicted octanol–water partition coefficient (Wildman–Crippen LogP) is 0.229. The third-order valence-electron chi connectivity index (χ3n) is 3.56. The number of nitrogen functional groups attached to an aromatic ring is 1. The number of hydrogen-bond donors (Lipinski definition) is 2. The van der Waals surface area contributed by atoms with Gasteiger partial charge in [-0.3, -0.25) is 24.3 Å². The molecule has 122 valence electrons. The number of aromatic nitrogens is 1. The van der Waals surface area contributed by atoms with E-state index >= 15 is 0 Å². The molecule has 2 amide bonds. The van der Waals surface area contributed by atoms with E-state index in [9.17, 15) is 23.6 Å². The average molecular weight is 331 g/mol. The first-order chi connectivity index (χ1) is 11.3. The molecule has 1 aliphatic heterocycles. The Bertz CT molecular complexity index is 980. The molecule has 0 unspecified atom stereocenters. The van der Waals surface area contributed by atoms with Crippen LogP contribution in [0.15, 0.2) is 29.1 Å². The van der Waals surface area contributed by atoms with Crippen LogP contribution in [0.2, 0.25) is 0 Å². The number of rotatable bonds is 2. The molecular weight excluding hydrogens is 321 g/mol. The fourth-order valence-corrected chi connectivity index (χ4v) is 2.50. The van der Waals surface area contributed by atoms with Crippen molar-refractivity contribution in [1.29, 1.82) is 0 Å². The van der Waals surface area contributed by atoms with E-state index < -0.39 is 29.2 Å². The molecule has 24 heavy (non-hydrogen) atoms. The number of fused-ring (bicyclic) bond motifs is 1. The minimum Gasteiger partial charge on any atom is -0.465 e. The van der Waals surface area contributed by atoms with Gasteiger partial charge in [-0.25, -0.2) is 9.18 Å². The number of anilines is 1. The van der Waals surface area contributed by atoms with E-state index in [1.165, 1.54) is 0 Å². The Morgan fingerprint density at radius 1 is 1.21 bits per heavy atom. The van der Waals surface area contributed by atoms with Crippen LogP contribution in [0.5, 0.6) is 0 Å². The van der Waals surface area contributed by atoms with Crippen molar-refractivity contribution in [3.8, 4) is 5.69 Å². The molecule has 1 aliphatic rings. The molecule has 0 bridgehead atoms. The Morgan fingerprint density at radius 3 is 2.58 bits per heavy atom. The zero-order valence-electron chi connectivity index (χ0n) is 12.3. The number of esters is 1. The molecule has 2 aromatic rings. The molecular formula is C15H10FN3O5. The van der Waals surface area contributed by atoms with Crippen LogP contribution in [-0.4, -0.2) is 29.5 Å². The molecule has 0 atom stereocenters. The molecule has 0 saturated heterocycles. The summed E-state index contributed by atoms with van der Waals surface area (Å²) < 4.78 is 19.0. The number of nitrogens with two attached hydrogens (primary N) is 1. The van der Waals surface area contributed by atoms with E-state index in [-0.39, 0.29) is 28.2 Å². The van der Waals surface area contributed by atoms with Gasteiger partial charge >= 0.3 is 5.97 Å². The molecule has 0 spiro atoms. The number of nitrogens with one attached hydrogen (secondary N) is 1. The normalized spacial score (nSPS) is 12.8. The van der Waals surface area contributed by atoms with Crippen LogP contribution in [0, 0.1) is 5.82 Å². The summed E-state index contributed by atoms with van der Waals surface area (Å²) in [5, 5.41) is 2.01. The summed E-state index contributed by atoms with van der Waals surface area (Å²) in [5.74, 6) is -3.46. The maximum absolute atomic E-state index is 13.6. The fraction of sp³-hybridized carbons (Fsp3) is 0.0667. The van der Waals surface area contributed by atoms with E-state index in [4.69, 9.17) is 5.73 Å². The Kier molecular flexibility index (Phi) is 3.40. The lowest BCUT2D eigenvalue weighted by Gasteiger charge is -2.14. The van der Waals surface area contributed by atoms with Gasteiger partial charge < -0.3 is 10.5 Å². The monoisotopic (exact) mass is 331 g/mol. The van der Waals surface area contributed by atoms with E-state index in [1.54, 1.807) is 0 Å². The van der Waals surface area contributed by atoms with Gasteiger partial charge in [0.1, 0.15) is 11.6 Å². The van der Waals surface area contributed by atoms with Gasteiger partial charge in [-0.05, 0) is 18.2 Å². The first kappa shape index (κ1) is 15.4. The molecule has 8 nitrogen and oxygen atoms in total. The van der Waals surface area contributed by atoms with Crippen molar-refractivity contribution in [3.05, 3.63) is 57.1 Å². The molecule has 0 radical (unpaired) electrons. The smallest absolute Gasteiger partial charge is 0.339 e. The summed E-state index contributed by atoms with van der Waals surface area (Å²) in [6.07, 6.45) is 0. The van der Waals surface area contributed by atoms with Crippen LogP contribution < -0.4 is 16.6 Å². The second-order valence-electron chi connectivity index (χ2n) is 4.93. The molecule has 3 rings (SSSR count). The Labute approximate surface area is 133 Å². The fourth-order valence-electron chi connectivity index (χ4n) is 2.50. The van der Waals surface area contributed by atoms with Gasteiger partial charge in [0.2, 0.25) is 0 Å². The number of carbonyl (C=O) groups excluding carboxylic acids is 3. The lowest BCUT2D eigenvalue weighted by atomic mass is 10.1. The summed E-state index contributed by atoms with van der Waals surface area (Å²) in [6, 6.07) is 3.95. The number of hydrogen-bond acceptors (Lipinski definition) is 6. The topological polar surface area (TPSA) is 120 Å². The number of nitrogens with zero attached hydrogens (tertiary/aromatic N) is 1. The molecule has 0 fully saturated rings. The summed E-state index contributed by atoms with van der Waals surface area (Å²) in [4.78, 5) is 47.7. The second-order valence-corrected chi connectivity index (χ2v) is 4.93. The van der Waals surface area contributed by atoms with Gasteiger partial charge in [0.15, 0.2) is 0 Å². The van der Waals surface area contributed by atoms with Crippen molar-refractivity contribution >= 4 is 23.6 Å². The van der Waals surface area contributed by atoms with Crippen LogP contribution >= 0.6 is 0 Å². The lowest BCUT2D eigenvalue weighted by molar-refractivity contribution is 0.0600. The Balaban J connectivity index is 2.37. The van der Waals surface area contributed by atoms with E-state index in [0.717, 1.165) is 35.9 Å². The SMILES string of the molecule is COC(=O)c1ccc(F)cc1-n1c(N)c2c(cc1=O)C(=O)NC2=O. The molecule has 0 saturated carbocycles. The van der Waals surface area contributed by atoms with Gasteiger partial charge in [-0.2, -0.15) is 0 Å². The molecule has 3 N–H and O–H groups in total. The Hall–Kier alpha value is -3.49. The van der Waals surface area contributed by atoms with Crippen molar-refractivity contribution < 1.29 is 23.5 Å². The molecule has 2 heterocycles. The minimum absolute atomic E-state index is 0.127. The van der Waals surface area contributed by atoms with E-state index in [0.29, 0.717) is 0 Å². The quantitative estimate of drug-likeness (QED) is 0.600. The van der Waals surface area contributed by atoms with Crippen molar-refractivity contribution in [1.82, 2.24) is 9.88 Å². The summed E-state index contributed by atoms with van der Waals surface area (Å²) in [6.45, 7) is 0. The number of imide groups is 1. The highest BCUT2D eigenvalue weighted by Gasteiger charge is 2.32. The zero-order valence-corrected chi connectivity index (χ0v) is 12.3. The van der Waals surface area contributed by atoms with Crippen molar-refractivity contribution in [3.63, 3.8) is 0 Å². The van der Waals surface area contributed by atoms with E-state index in [1.807, 2.05) is 5.32 Å². The number of carbonyl (C=O) groups is 3. The number of pyridine rings is 1. The van der Waals surface area contributed by atoms with Crippen LogP contribution in [-0.2, 0) is 4.74 Å². The van der Waals surface area contributed by atoms with Crippen molar-refractivity contribution in [2.24, 2.45) is 0 Å². The molecule has 1 aromatic carbocycles. The maximum atomic E-state index is 13.6. The first-order valence-electron chi connectivity index (χ1n) is 6.64. The van der Waals surface area contributed by atoms with E-state index in [2.05, 4.69) is 4.74 Å². The largest absolute Gasteiger partial charge is 0.465 e. The molecule has 9 heteroatoms. The summed E-state index contributed by atoms with van der Waals surface area (Å²) >= 11 is 0. The van der Waals surface area contributed by atoms with Gasteiger partial charge in [0.05, 0.1) is 29.5 Å². The highest BCUT2D eigenvalue weighted by Crippen LogP contribution is 2.25. The molecule has 0 aliphatic carbocycles. The highest BCUT2D eigenvalue weighted by molar-refractivity contribution is 6.23. The maximum Gasteiger partial charge on any atom is 0.339 e. The Morgan fingerprint density at radius 2 is 1.92 bits per heavy atom. The standard InChI is InChI=1S/C15H10FN3O5/c1-24-15(23)7-3-2-6(16)4-9(7)19-10(20)5-8-11(12(19)17)14(22)18-13(8)21/h2-5H,17H2,1H3,(H,18,21,22). The van der Waals surface area contributed by atoms with Crippen LogP contribution in [0.1, 0.15) is 31.1 Å². The third kappa shape index (κ3) is 2.14. The number of methoxy groups -OCH3 is 1. The van der Waals surface area contributed by atoms with Crippen LogP contribution in [0.3, 0.4) is 0 Å². The summed E-state index contributed by atoms with van der Waals surface area (Å²) in [7, 11) is 1.12. The predicted molar refractivity (Wildman–Crippen MR) is 79.5 cm³/mol. The zero-order chi connectivity index (χ0) is 17.6.